The number of carboxylic acids is 1. The van der Waals surface area contributed by atoms with E-state index in [9.17, 15) is 19.5 Å². The normalized spacial score (nSPS) is 11.8. The number of aromatic nitrogens is 2. The summed E-state index contributed by atoms with van der Waals surface area (Å²) in [5.74, 6) is -4.36. The number of carbonyl (C=O) groups excluding carboxylic acids is 2. The summed E-state index contributed by atoms with van der Waals surface area (Å²) < 4.78 is 0. The fourth-order valence-electron chi connectivity index (χ4n) is 3.60. The second kappa shape index (κ2) is 10.9. The zero-order valence-corrected chi connectivity index (χ0v) is 20.9. The molecule has 37 heavy (non-hydrogen) atoms. The first-order valence-electron chi connectivity index (χ1n) is 11.4. The third-order valence-corrected chi connectivity index (χ3v) is 5.91. The van der Waals surface area contributed by atoms with Crippen molar-refractivity contribution in [2.24, 2.45) is 5.92 Å². The first-order valence-corrected chi connectivity index (χ1v) is 11.4. The van der Waals surface area contributed by atoms with Crippen molar-refractivity contribution >= 4 is 17.8 Å². The monoisotopic (exact) mass is 501 g/mol. The van der Waals surface area contributed by atoms with Gasteiger partial charge in [-0.2, -0.15) is 10.2 Å². The van der Waals surface area contributed by atoms with E-state index < -0.39 is 35.1 Å². The average molecular weight is 502 g/mol. The Morgan fingerprint density at radius 2 is 1.78 bits per heavy atom. The fourth-order valence-corrected chi connectivity index (χ4v) is 3.60. The number of hydrogen-bond acceptors (Lipinski definition) is 7. The average Bonchev–Trinajstić information content (AvgIpc) is 2.86. The van der Waals surface area contributed by atoms with Gasteiger partial charge >= 0.3 is 5.97 Å². The van der Waals surface area contributed by atoms with Crippen LogP contribution in [0.1, 0.15) is 58.4 Å². The molecule has 0 fully saturated rings. The van der Waals surface area contributed by atoms with Gasteiger partial charge in [0.1, 0.15) is 5.56 Å². The van der Waals surface area contributed by atoms with Crippen LogP contribution >= 0.6 is 0 Å². The van der Waals surface area contributed by atoms with Gasteiger partial charge in [0.05, 0.1) is 23.1 Å². The van der Waals surface area contributed by atoms with Gasteiger partial charge in [0.2, 0.25) is 11.7 Å². The van der Waals surface area contributed by atoms with Crippen LogP contribution in [-0.4, -0.2) is 44.5 Å². The van der Waals surface area contributed by atoms with Crippen LogP contribution in [0, 0.1) is 24.2 Å². The van der Waals surface area contributed by atoms with Crippen LogP contribution in [0.2, 0.25) is 0 Å². The molecule has 3 rings (SSSR count). The second-order valence-corrected chi connectivity index (χ2v) is 9.18. The lowest BCUT2D eigenvalue weighted by Crippen LogP contribution is -2.41. The third-order valence-electron chi connectivity index (χ3n) is 5.91. The topological polar surface area (TPSA) is 165 Å². The molecule has 1 heterocycles. The highest BCUT2D eigenvalue weighted by atomic mass is 16.4. The predicted octanol–water partition coefficient (Wildman–Crippen LogP) is 3.14. The number of rotatable bonds is 8. The van der Waals surface area contributed by atoms with Crippen molar-refractivity contribution in [3.63, 3.8) is 0 Å². The number of hydrogen-bond donors (Lipinski definition) is 4. The SMILES string of the molecule is Cc1cc(C#N)ccc1-c1ccc(C(C)(C)NC(=O)c2cnc(C(=O)NC[C@@H](C)C(=O)O)nc2O)cc1. The van der Waals surface area contributed by atoms with Gasteiger partial charge in [-0.25, -0.2) is 4.98 Å². The summed E-state index contributed by atoms with van der Waals surface area (Å²) in [5.41, 5.74) is 3.29. The van der Waals surface area contributed by atoms with Crippen LogP contribution in [0.15, 0.2) is 48.7 Å². The number of nitriles is 1. The molecule has 0 spiro atoms. The minimum atomic E-state index is -1.07. The summed E-state index contributed by atoms with van der Waals surface area (Å²) in [4.78, 5) is 43.4. The molecule has 0 aliphatic heterocycles. The molecule has 0 saturated carbocycles. The molecule has 0 radical (unpaired) electrons. The lowest BCUT2D eigenvalue weighted by molar-refractivity contribution is -0.140. The van der Waals surface area contributed by atoms with E-state index >= 15 is 0 Å². The molecule has 0 aliphatic carbocycles. The van der Waals surface area contributed by atoms with Gasteiger partial charge in [-0.1, -0.05) is 37.3 Å². The molecule has 10 nitrogen and oxygen atoms in total. The standard InChI is InChI=1S/C27H27N5O5/c1-15-11-17(12-28)5-10-20(15)18-6-8-19(9-7-18)27(3,4)32-24(34)21-14-29-22(31-23(21)33)25(35)30-13-16(2)26(36)37/h5-11,14,16H,13H2,1-4H3,(H,30,35)(H,32,34)(H,36,37)(H,29,31,33)/t16-/m1/s1. The third kappa shape index (κ3) is 6.27. The van der Waals surface area contributed by atoms with Gasteiger partial charge in [0, 0.05) is 12.7 Å². The van der Waals surface area contributed by atoms with E-state index in [2.05, 4.69) is 26.7 Å². The molecule has 2 amide bonds. The molecule has 3 aromatic rings. The Morgan fingerprint density at radius 3 is 2.35 bits per heavy atom. The van der Waals surface area contributed by atoms with E-state index in [0.29, 0.717) is 5.56 Å². The van der Waals surface area contributed by atoms with Crippen LogP contribution < -0.4 is 10.6 Å². The van der Waals surface area contributed by atoms with Crippen LogP contribution in [0.25, 0.3) is 11.1 Å². The van der Waals surface area contributed by atoms with E-state index in [1.165, 1.54) is 6.92 Å². The fraction of sp³-hybridized carbons (Fsp3) is 0.259. The van der Waals surface area contributed by atoms with Crippen molar-refractivity contribution < 1.29 is 24.6 Å². The number of benzene rings is 2. The summed E-state index contributed by atoms with van der Waals surface area (Å²) in [5, 5.41) is 33.4. The van der Waals surface area contributed by atoms with Crippen molar-refractivity contribution in [2.75, 3.05) is 6.54 Å². The lowest BCUT2D eigenvalue weighted by atomic mass is 9.91. The second-order valence-electron chi connectivity index (χ2n) is 9.18. The highest BCUT2D eigenvalue weighted by Crippen LogP contribution is 2.28. The molecule has 1 atom stereocenters. The Labute approximate surface area is 214 Å². The molecule has 0 bridgehead atoms. The number of aliphatic carboxylic acids is 1. The Morgan fingerprint density at radius 1 is 1.11 bits per heavy atom. The molecule has 0 unspecified atom stereocenters. The van der Waals surface area contributed by atoms with E-state index in [-0.39, 0.29) is 17.9 Å². The summed E-state index contributed by atoms with van der Waals surface area (Å²) in [6.07, 6.45) is 1.04. The van der Waals surface area contributed by atoms with Gasteiger partial charge in [0.25, 0.3) is 11.8 Å². The number of amides is 2. The van der Waals surface area contributed by atoms with E-state index in [1.54, 1.807) is 19.9 Å². The van der Waals surface area contributed by atoms with Crippen molar-refractivity contribution in [2.45, 2.75) is 33.2 Å². The van der Waals surface area contributed by atoms with E-state index in [4.69, 9.17) is 10.4 Å². The number of carbonyl (C=O) groups is 3. The minimum absolute atomic E-state index is 0.141. The molecule has 0 aliphatic rings. The summed E-state index contributed by atoms with van der Waals surface area (Å²) in [6.45, 7) is 6.83. The maximum Gasteiger partial charge on any atom is 0.308 e. The van der Waals surface area contributed by atoms with Gasteiger partial charge in [0.15, 0.2) is 0 Å². The number of carboxylic acid groups (broad SMARTS) is 1. The Hall–Kier alpha value is -4.78. The highest BCUT2D eigenvalue weighted by molar-refractivity contribution is 5.97. The van der Waals surface area contributed by atoms with Gasteiger partial charge in [-0.3, -0.25) is 14.4 Å². The van der Waals surface area contributed by atoms with Gasteiger partial charge < -0.3 is 20.8 Å². The maximum atomic E-state index is 12.9. The van der Waals surface area contributed by atoms with E-state index in [0.717, 1.165) is 28.5 Å². The van der Waals surface area contributed by atoms with Gasteiger partial charge in [-0.05, 0) is 55.2 Å². The Bertz CT molecular complexity index is 1390. The number of nitrogens with zero attached hydrogens (tertiary/aromatic N) is 3. The Kier molecular flexibility index (Phi) is 7.88. The summed E-state index contributed by atoms with van der Waals surface area (Å²) in [7, 11) is 0. The van der Waals surface area contributed by atoms with Gasteiger partial charge in [-0.15, -0.1) is 0 Å². The lowest BCUT2D eigenvalue weighted by Gasteiger charge is -2.27. The van der Waals surface area contributed by atoms with Crippen molar-refractivity contribution in [1.82, 2.24) is 20.6 Å². The van der Waals surface area contributed by atoms with Crippen molar-refractivity contribution in [3.05, 3.63) is 76.7 Å². The number of aryl methyl sites for hydroxylation is 1. The molecule has 190 valence electrons. The molecular weight excluding hydrogens is 474 g/mol. The minimum Gasteiger partial charge on any atom is -0.493 e. The van der Waals surface area contributed by atoms with Crippen LogP contribution in [-0.2, 0) is 10.3 Å². The zero-order chi connectivity index (χ0) is 27.3. The molecule has 2 aromatic carbocycles. The Balaban J connectivity index is 1.72. The maximum absolute atomic E-state index is 12.9. The molecule has 4 N–H and O–H groups in total. The first kappa shape index (κ1) is 26.8. The first-order chi connectivity index (χ1) is 17.4. The largest absolute Gasteiger partial charge is 0.493 e. The molecule has 1 aromatic heterocycles. The van der Waals surface area contributed by atoms with Crippen LogP contribution in [0.4, 0.5) is 0 Å². The van der Waals surface area contributed by atoms with Crippen molar-refractivity contribution in [1.29, 1.82) is 5.26 Å². The summed E-state index contributed by atoms with van der Waals surface area (Å²) in [6, 6.07) is 15.2. The molecule has 0 saturated heterocycles. The predicted molar refractivity (Wildman–Crippen MR) is 135 cm³/mol. The zero-order valence-electron chi connectivity index (χ0n) is 20.9. The van der Waals surface area contributed by atoms with Crippen LogP contribution in [0.3, 0.4) is 0 Å². The molecular formula is C27H27N5O5. The van der Waals surface area contributed by atoms with Crippen LogP contribution in [0.5, 0.6) is 5.88 Å². The number of nitrogens with one attached hydrogen (secondary N) is 2. The number of aromatic hydroxyl groups is 1. The smallest absolute Gasteiger partial charge is 0.308 e. The quantitative estimate of drug-likeness (QED) is 0.365. The summed E-state index contributed by atoms with van der Waals surface area (Å²) >= 11 is 0. The highest BCUT2D eigenvalue weighted by Gasteiger charge is 2.26. The van der Waals surface area contributed by atoms with E-state index in [1.807, 2.05) is 43.3 Å². The van der Waals surface area contributed by atoms with Crippen molar-refractivity contribution in [3.8, 4) is 23.1 Å². The molecule has 10 heteroatoms.